The molecule has 1 aromatic rings. The lowest BCUT2D eigenvalue weighted by atomic mass is 10.4. The van der Waals surface area contributed by atoms with Gasteiger partial charge in [0.2, 0.25) is 5.91 Å². The molecule has 1 heterocycles. The molecule has 0 aliphatic carbocycles. The number of carbonyl (C=O) groups excluding carboxylic acids is 1. The maximum atomic E-state index is 11.4. The Hall–Kier alpha value is -0.980. The van der Waals surface area contributed by atoms with E-state index >= 15 is 0 Å². The van der Waals surface area contributed by atoms with Gasteiger partial charge in [0.25, 0.3) is 0 Å². The summed E-state index contributed by atoms with van der Waals surface area (Å²) < 4.78 is 4.88. The van der Waals surface area contributed by atoms with E-state index in [0.29, 0.717) is 26.2 Å². The van der Waals surface area contributed by atoms with Crippen LogP contribution >= 0.6 is 11.3 Å². The summed E-state index contributed by atoms with van der Waals surface area (Å²) in [5, 5.41) is 6.94. The third-order valence-electron chi connectivity index (χ3n) is 2.50. The van der Waals surface area contributed by atoms with E-state index in [1.165, 1.54) is 4.88 Å². The normalized spacial score (nSPS) is 10.6. The summed E-state index contributed by atoms with van der Waals surface area (Å²) in [4.78, 5) is 17.1. The molecule has 0 saturated heterocycles. The van der Waals surface area contributed by atoms with Crippen LogP contribution < -0.4 is 10.6 Å². The van der Waals surface area contributed by atoms with Gasteiger partial charge in [0, 0.05) is 31.5 Å². The van der Waals surface area contributed by atoms with E-state index in [2.05, 4.69) is 22.5 Å². The summed E-state index contributed by atoms with van der Waals surface area (Å²) in [5.41, 5.74) is 1.09. The van der Waals surface area contributed by atoms with E-state index in [9.17, 15) is 4.79 Å². The number of ether oxygens (including phenoxy) is 1. The number of aryl methyl sites for hydroxylation is 2. The average Bonchev–Trinajstić information content (AvgIpc) is 2.64. The fraction of sp³-hybridized carbons (Fsp3) is 0.667. The zero-order chi connectivity index (χ0) is 13.4. The van der Waals surface area contributed by atoms with Crippen LogP contribution in [0.1, 0.15) is 15.6 Å². The van der Waals surface area contributed by atoms with Gasteiger partial charge in [-0.2, -0.15) is 0 Å². The molecule has 0 aromatic carbocycles. The van der Waals surface area contributed by atoms with E-state index in [4.69, 9.17) is 4.74 Å². The predicted octanol–water partition coefficient (Wildman–Crippen LogP) is 0.655. The molecule has 0 radical (unpaired) electrons. The van der Waals surface area contributed by atoms with E-state index < -0.39 is 0 Å². The van der Waals surface area contributed by atoms with Gasteiger partial charge in [0.15, 0.2) is 0 Å². The maximum absolute atomic E-state index is 11.4. The van der Waals surface area contributed by atoms with Crippen molar-refractivity contribution in [1.82, 2.24) is 15.6 Å². The number of rotatable bonds is 8. The van der Waals surface area contributed by atoms with Gasteiger partial charge in [-0.3, -0.25) is 4.79 Å². The lowest BCUT2D eigenvalue weighted by Gasteiger charge is -2.05. The van der Waals surface area contributed by atoms with Crippen molar-refractivity contribution in [3.8, 4) is 0 Å². The summed E-state index contributed by atoms with van der Waals surface area (Å²) >= 11 is 1.70. The molecular weight excluding hydrogens is 250 g/mol. The van der Waals surface area contributed by atoms with Crippen molar-refractivity contribution >= 4 is 17.2 Å². The minimum Gasteiger partial charge on any atom is -0.383 e. The molecule has 0 saturated carbocycles. The lowest BCUT2D eigenvalue weighted by molar-refractivity contribution is -0.120. The molecule has 0 atom stereocenters. The van der Waals surface area contributed by atoms with Crippen molar-refractivity contribution in [1.29, 1.82) is 0 Å². The fourth-order valence-corrected chi connectivity index (χ4v) is 2.33. The van der Waals surface area contributed by atoms with Crippen LogP contribution in [0.4, 0.5) is 0 Å². The third-order valence-corrected chi connectivity index (χ3v) is 3.64. The predicted molar refractivity (Wildman–Crippen MR) is 73.0 cm³/mol. The van der Waals surface area contributed by atoms with Gasteiger partial charge >= 0.3 is 0 Å². The first-order valence-corrected chi connectivity index (χ1v) is 6.84. The minimum atomic E-state index is 0.0103. The zero-order valence-corrected chi connectivity index (χ0v) is 12.0. The highest BCUT2D eigenvalue weighted by Gasteiger charge is 2.04. The van der Waals surface area contributed by atoms with Crippen LogP contribution in [0.25, 0.3) is 0 Å². The highest BCUT2D eigenvalue weighted by Crippen LogP contribution is 2.16. The quantitative estimate of drug-likeness (QED) is 0.682. The molecule has 2 N–H and O–H groups in total. The number of hydrogen-bond donors (Lipinski definition) is 2. The number of hydrogen-bond acceptors (Lipinski definition) is 5. The van der Waals surface area contributed by atoms with Gasteiger partial charge in [-0.15, -0.1) is 11.3 Å². The third kappa shape index (κ3) is 5.57. The summed E-state index contributed by atoms with van der Waals surface area (Å²) in [5.74, 6) is 0.0103. The van der Waals surface area contributed by atoms with Gasteiger partial charge in [-0.1, -0.05) is 0 Å². The number of nitrogens with one attached hydrogen (secondary N) is 2. The number of carbonyl (C=O) groups is 1. The van der Waals surface area contributed by atoms with E-state index in [0.717, 1.165) is 17.1 Å². The van der Waals surface area contributed by atoms with E-state index in [1.54, 1.807) is 18.4 Å². The Morgan fingerprint density at radius 3 is 2.78 bits per heavy atom. The Labute approximate surface area is 112 Å². The number of aromatic nitrogens is 1. The van der Waals surface area contributed by atoms with Crippen molar-refractivity contribution < 1.29 is 9.53 Å². The molecule has 0 aliphatic rings. The Morgan fingerprint density at radius 1 is 1.39 bits per heavy atom. The smallest absolute Gasteiger partial charge is 0.233 e. The number of amides is 1. The summed E-state index contributed by atoms with van der Waals surface area (Å²) in [6, 6.07) is 0. The van der Waals surface area contributed by atoms with Crippen LogP contribution in [0.15, 0.2) is 0 Å². The zero-order valence-electron chi connectivity index (χ0n) is 11.2. The molecule has 0 aliphatic heterocycles. The molecule has 5 nitrogen and oxygen atoms in total. The highest BCUT2D eigenvalue weighted by molar-refractivity contribution is 7.11. The van der Waals surface area contributed by atoms with E-state index in [1.807, 2.05) is 6.92 Å². The first kappa shape index (κ1) is 15.1. The van der Waals surface area contributed by atoms with Crippen LogP contribution in [0.2, 0.25) is 0 Å². The Bertz CT molecular complexity index is 360. The van der Waals surface area contributed by atoms with Gasteiger partial charge in [-0.25, -0.2) is 4.98 Å². The van der Waals surface area contributed by atoms with Crippen LogP contribution in [0.3, 0.4) is 0 Å². The molecule has 1 amide bonds. The Balaban J connectivity index is 2.11. The first-order chi connectivity index (χ1) is 8.63. The average molecular weight is 271 g/mol. The second-order valence-electron chi connectivity index (χ2n) is 4.02. The van der Waals surface area contributed by atoms with Crippen molar-refractivity contribution in [3.63, 3.8) is 0 Å². The maximum Gasteiger partial charge on any atom is 0.233 e. The molecule has 1 aromatic heterocycles. The summed E-state index contributed by atoms with van der Waals surface area (Å²) in [6.45, 7) is 6.35. The van der Waals surface area contributed by atoms with Crippen LogP contribution in [-0.2, 0) is 16.0 Å². The van der Waals surface area contributed by atoms with Crippen molar-refractivity contribution in [2.45, 2.75) is 20.3 Å². The topological polar surface area (TPSA) is 63.2 Å². The number of methoxy groups -OCH3 is 1. The highest BCUT2D eigenvalue weighted by atomic mass is 32.1. The van der Waals surface area contributed by atoms with Crippen LogP contribution in [-0.4, -0.2) is 44.2 Å². The fourth-order valence-electron chi connectivity index (χ4n) is 1.39. The second kappa shape index (κ2) is 8.18. The lowest BCUT2D eigenvalue weighted by Crippen LogP contribution is -2.36. The standard InChI is InChI=1S/C12H21N3O2S/c1-9-10(2)18-12(15-9)4-5-14-11(16)8-13-6-7-17-3/h13H,4-8H2,1-3H3,(H,14,16). The van der Waals surface area contributed by atoms with Crippen LogP contribution in [0, 0.1) is 13.8 Å². The van der Waals surface area contributed by atoms with Gasteiger partial charge in [-0.05, 0) is 13.8 Å². The van der Waals surface area contributed by atoms with Gasteiger partial charge in [0.05, 0.1) is 23.9 Å². The molecule has 18 heavy (non-hydrogen) atoms. The molecule has 0 unspecified atom stereocenters. The molecule has 0 fully saturated rings. The number of thiazole rings is 1. The SMILES string of the molecule is COCCNCC(=O)NCCc1nc(C)c(C)s1. The Kier molecular flexibility index (Phi) is 6.85. The van der Waals surface area contributed by atoms with Crippen LogP contribution in [0.5, 0.6) is 0 Å². The van der Waals surface area contributed by atoms with Gasteiger partial charge in [0.1, 0.15) is 0 Å². The molecule has 0 spiro atoms. The van der Waals surface area contributed by atoms with Crippen molar-refractivity contribution in [3.05, 3.63) is 15.6 Å². The number of nitrogens with zero attached hydrogens (tertiary/aromatic N) is 1. The summed E-state index contributed by atoms with van der Waals surface area (Å²) in [6.07, 6.45) is 0.795. The summed E-state index contributed by atoms with van der Waals surface area (Å²) in [7, 11) is 1.64. The molecular formula is C12H21N3O2S. The van der Waals surface area contributed by atoms with Gasteiger partial charge < -0.3 is 15.4 Å². The molecule has 6 heteroatoms. The molecule has 1 rings (SSSR count). The second-order valence-corrected chi connectivity index (χ2v) is 5.31. The van der Waals surface area contributed by atoms with E-state index in [-0.39, 0.29) is 5.91 Å². The van der Waals surface area contributed by atoms with Crippen molar-refractivity contribution in [2.24, 2.45) is 0 Å². The molecule has 102 valence electrons. The van der Waals surface area contributed by atoms with Crippen molar-refractivity contribution in [2.75, 3.05) is 33.4 Å². The minimum absolute atomic E-state index is 0.0103. The first-order valence-electron chi connectivity index (χ1n) is 6.02. The molecule has 0 bridgehead atoms. The Morgan fingerprint density at radius 2 is 2.17 bits per heavy atom. The monoisotopic (exact) mass is 271 g/mol. The largest absolute Gasteiger partial charge is 0.383 e.